The molecule has 2 amide bonds. The monoisotopic (exact) mass is 335 g/mol. The maximum atomic E-state index is 12.4. The van der Waals surface area contributed by atoms with E-state index < -0.39 is 18.4 Å². The molecule has 0 spiro atoms. The largest absolute Gasteiger partial charge is 0.464 e. The molecule has 2 rings (SSSR count). The highest BCUT2D eigenvalue weighted by molar-refractivity contribution is 5.94. The van der Waals surface area contributed by atoms with E-state index in [-0.39, 0.29) is 25.8 Å². The normalized spacial score (nSPS) is 16.6. The fourth-order valence-corrected chi connectivity index (χ4v) is 2.25. The summed E-state index contributed by atoms with van der Waals surface area (Å²) in [5, 5.41) is 5.20. The third kappa shape index (κ3) is 3.58. The van der Waals surface area contributed by atoms with Gasteiger partial charge in [0.2, 0.25) is 0 Å². The average Bonchev–Trinajstić information content (AvgIpc) is 2.96. The first-order chi connectivity index (χ1) is 11.6. The molecule has 1 atom stereocenters. The van der Waals surface area contributed by atoms with Gasteiger partial charge < -0.3 is 14.2 Å². The molecule has 1 aliphatic rings. The second-order valence-electron chi connectivity index (χ2n) is 4.71. The second-order valence-corrected chi connectivity index (χ2v) is 4.71. The van der Waals surface area contributed by atoms with E-state index in [0.29, 0.717) is 5.56 Å². The predicted octanol–water partition coefficient (Wildman–Crippen LogP) is 2.92. The van der Waals surface area contributed by atoms with Gasteiger partial charge in [-0.2, -0.15) is 5.01 Å². The standard InChI is InChI=1S/C16H21N3O5/c1-4-22-14-17-19(16(21)24-6-3)13(12-10-8-7-9-11-12)18(14)15(20)23-5-2/h7-11,13H,4-6H2,1-3H3. The van der Waals surface area contributed by atoms with Crippen molar-refractivity contribution < 1.29 is 23.8 Å². The number of benzene rings is 1. The number of ether oxygens (including phenoxy) is 3. The fraction of sp³-hybridized carbons (Fsp3) is 0.438. The van der Waals surface area contributed by atoms with Crippen LogP contribution in [0.1, 0.15) is 32.5 Å². The van der Waals surface area contributed by atoms with E-state index in [1.807, 2.05) is 6.07 Å². The predicted molar refractivity (Wildman–Crippen MR) is 86.0 cm³/mol. The van der Waals surface area contributed by atoms with E-state index in [2.05, 4.69) is 5.10 Å². The smallest absolute Gasteiger partial charge is 0.432 e. The number of hydrogen-bond acceptors (Lipinski definition) is 6. The van der Waals surface area contributed by atoms with Crippen molar-refractivity contribution in [3.8, 4) is 0 Å². The van der Waals surface area contributed by atoms with Crippen molar-refractivity contribution in [3.63, 3.8) is 0 Å². The lowest BCUT2D eigenvalue weighted by Gasteiger charge is -2.27. The van der Waals surface area contributed by atoms with Crippen LogP contribution < -0.4 is 0 Å². The Bertz CT molecular complexity index is 605. The van der Waals surface area contributed by atoms with Crippen LogP contribution in [0.5, 0.6) is 0 Å². The number of hydrazone groups is 1. The van der Waals surface area contributed by atoms with Crippen molar-refractivity contribution in [2.24, 2.45) is 5.10 Å². The van der Waals surface area contributed by atoms with Crippen molar-refractivity contribution >= 4 is 18.2 Å². The minimum absolute atomic E-state index is 0.00199. The van der Waals surface area contributed by atoms with Gasteiger partial charge in [0, 0.05) is 0 Å². The Hall–Kier alpha value is -2.77. The zero-order chi connectivity index (χ0) is 17.5. The quantitative estimate of drug-likeness (QED) is 0.845. The second kappa shape index (κ2) is 8.19. The molecule has 24 heavy (non-hydrogen) atoms. The minimum Gasteiger partial charge on any atom is -0.464 e. The summed E-state index contributed by atoms with van der Waals surface area (Å²) in [7, 11) is 0. The Labute approximate surface area is 140 Å². The topological polar surface area (TPSA) is 80.7 Å². The molecule has 1 heterocycles. The maximum Gasteiger partial charge on any atom is 0.432 e. The van der Waals surface area contributed by atoms with Crippen molar-refractivity contribution in [1.29, 1.82) is 0 Å². The first-order valence-corrected chi connectivity index (χ1v) is 7.82. The van der Waals surface area contributed by atoms with Crippen LogP contribution in [0.2, 0.25) is 0 Å². The molecule has 8 heteroatoms. The first-order valence-electron chi connectivity index (χ1n) is 7.82. The van der Waals surface area contributed by atoms with Gasteiger partial charge in [0.05, 0.1) is 19.8 Å². The molecule has 0 N–H and O–H groups in total. The fourth-order valence-electron chi connectivity index (χ4n) is 2.25. The molecule has 0 aliphatic carbocycles. The summed E-state index contributed by atoms with van der Waals surface area (Å²) in [5.74, 6) is 0. The number of rotatable bonds is 4. The van der Waals surface area contributed by atoms with Gasteiger partial charge in [-0.05, 0) is 26.3 Å². The average molecular weight is 335 g/mol. The SMILES string of the molecule is CCOC(=O)N1N=C(OCC)N(C(=O)OCC)C1c1ccccc1. The number of amidine groups is 1. The number of amides is 2. The first kappa shape index (κ1) is 17.6. The maximum absolute atomic E-state index is 12.4. The number of nitrogens with zero attached hydrogens (tertiary/aromatic N) is 3. The van der Waals surface area contributed by atoms with Crippen LogP contribution >= 0.6 is 0 Å². The van der Waals surface area contributed by atoms with Gasteiger partial charge in [-0.15, -0.1) is 5.10 Å². The number of carbonyl (C=O) groups is 2. The van der Waals surface area contributed by atoms with Crippen LogP contribution in [0.3, 0.4) is 0 Å². The zero-order valence-corrected chi connectivity index (χ0v) is 14.0. The molecule has 1 aromatic rings. The Morgan fingerprint density at radius 1 is 1.00 bits per heavy atom. The van der Waals surface area contributed by atoms with Crippen molar-refractivity contribution in [2.75, 3.05) is 19.8 Å². The molecule has 0 saturated carbocycles. The minimum atomic E-state index is -0.828. The number of hydrogen-bond donors (Lipinski definition) is 0. The molecule has 0 fully saturated rings. The van der Waals surface area contributed by atoms with Crippen molar-refractivity contribution in [1.82, 2.24) is 9.91 Å². The molecule has 8 nitrogen and oxygen atoms in total. The Kier molecular flexibility index (Phi) is 6.00. The molecule has 1 unspecified atom stereocenters. The van der Waals surface area contributed by atoms with Gasteiger partial charge in [0.1, 0.15) is 0 Å². The van der Waals surface area contributed by atoms with Crippen LogP contribution in [-0.2, 0) is 14.2 Å². The van der Waals surface area contributed by atoms with Gasteiger partial charge >= 0.3 is 18.2 Å². The lowest BCUT2D eigenvalue weighted by atomic mass is 10.1. The summed E-state index contributed by atoms with van der Waals surface area (Å²) < 4.78 is 15.5. The van der Waals surface area contributed by atoms with E-state index in [4.69, 9.17) is 14.2 Å². The zero-order valence-electron chi connectivity index (χ0n) is 14.0. The Morgan fingerprint density at radius 2 is 1.62 bits per heavy atom. The summed E-state index contributed by atoms with van der Waals surface area (Å²) in [6.45, 7) is 5.82. The van der Waals surface area contributed by atoms with E-state index >= 15 is 0 Å². The molecular weight excluding hydrogens is 314 g/mol. The van der Waals surface area contributed by atoms with Crippen LogP contribution in [0.25, 0.3) is 0 Å². The van der Waals surface area contributed by atoms with Crippen LogP contribution in [-0.4, -0.2) is 47.9 Å². The summed E-state index contributed by atoms with van der Waals surface area (Å²) in [6, 6.07) is 9.02. The Morgan fingerprint density at radius 3 is 2.21 bits per heavy atom. The van der Waals surface area contributed by atoms with E-state index in [1.54, 1.807) is 45.0 Å². The van der Waals surface area contributed by atoms with E-state index in [9.17, 15) is 9.59 Å². The van der Waals surface area contributed by atoms with Crippen LogP contribution in [0.4, 0.5) is 9.59 Å². The Balaban J connectivity index is 2.44. The molecule has 0 bridgehead atoms. The molecule has 0 radical (unpaired) electrons. The third-order valence-electron chi connectivity index (χ3n) is 3.17. The summed E-state index contributed by atoms with van der Waals surface area (Å²) in [6.07, 6.45) is -2.15. The van der Waals surface area contributed by atoms with Gasteiger partial charge in [0.25, 0.3) is 0 Å². The molecule has 130 valence electrons. The number of carbonyl (C=O) groups excluding carboxylic acids is 2. The summed E-state index contributed by atoms with van der Waals surface area (Å²) in [4.78, 5) is 25.9. The highest BCUT2D eigenvalue weighted by atomic mass is 16.6. The molecule has 0 saturated heterocycles. The summed E-state index contributed by atoms with van der Waals surface area (Å²) >= 11 is 0. The van der Waals surface area contributed by atoms with Gasteiger partial charge in [-0.1, -0.05) is 30.3 Å². The van der Waals surface area contributed by atoms with Crippen LogP contribution in [0.15, 0.2) is 35.4 Å². The lowest BCUT2D eigenvalue weighted by molar-refractivity contribution is 0.0595. The molecule has 0 aromatic heterocycles. The van der Waals surface area contributed by atoms with Gasteiger partial charge in [-0.3, -0.25) is 0 Å². The van der Waals surface area contributed by atoms with Crippen LogP contribution in [0, 0.1) is 0 Å². The molecular formula is C16H21N3O5. The highest BCUT2D eigenvalue weighted by Gasteiger charge is 2.45. The van der Waals surface area contributed by atoms with E-state index in [0.717, 1.165) is 5.01 Å². The highest BCUT2D eigenvalue weighted by Crippen LogP contribution is 2.32. The van der Waals surface area contributed by atoms with Crippen molar-refractivity contribution in [3.05, 3.63) is 35.9 Å². The van der Waals surface area contributed by atoms with Crippen molar-refractivity contribution in [2.45, 2.75) is 26.9 Å². The van der Waals surface area contributed by atoms with Gasteiger partial charge in [-0.25, -0.2) is 14.5 Å². The molecule has 1 aliphatic heterocycles. The molecule has 1 aromatic carbocycles. The summed E-state index contributed by atoms with van der Waals surface area (Å²) in [5.41, 5.74) is 0.678. The lowest BCUT2D eigenvalue weighted by Crippen LogP contribution is -2.42. The third-order valence-corrected chi connectivity index (χ3v) is 3.17. The van der Waals surface area contributed by atoms with E-state index in [1.165, 1.54) is 4.90 Å². The van der Waals surface area contributed by atoms with Gasteiger partial charge in [0.15, 0.2) is 6.17 Å².